The molecule has 1 heterocycles. The Balaban J connectivity index is 2.55. The number of esters is 6. The molecule has 43 heavy (non-hydrogen) atoms. The lowest BCUT2D eigenvalue weighted by atomic mass is 10.0. The zero-order valence-corrected chi connectivity index (χ0v) is 24.5. The van der Waals surface area contributed by atoms with E-state index in [1.807, 2.05) is 0 Å². The molecule has 13 nitrogen and oxygen atoms in total. The molecule has 0 aromatic rings. The second-order valence-corrected chi connectivity index (χ2v) is 9.42. The number of hydrogen-bond donors (Lipinski definition) is 0. The molecule has 0 aromatic heterocycles. The van der Waals surface area contributed by atoms with E-state index in [1.54, 1.807) is 0 Å². The molecule has 0 amide bonds. The summed E-state index contributed by atoms with van der Waals surface area (Å²) in [7, 11) is 0. The van der Waals surface area contributed by atoms with Crippen molar-refractivity contribution in [2.24, 2.45) is 0 Å². The van der Waals surface area contributed by atoms with Gasteiger partial charge >= 0.3 is 35.8 Å². The monoisotopic (exact) mass is 610 g/mol. The fourth-order valence-corrected chi connectivity index (χ4v) is 3.69. The number of ether oxygens (including phenoxy) is 7. The highest BCUT2D eigenvalue weighted by Crippen LogP contribution is 2.22. The van der Waals surface area contributed by atoms with Crippen molar-refractivity contribution < 1.29 is 61.9 Å². The zero-order chi connectivity index (χ0) is 31.9. The lowest BCUT2D eigenvalue weighted by Gasteiger charge is -2.35. The average molecular weight is 611 g/mol. The Bertz CT molecular complexity index is 958. The first kappa shape index (κ1) is 37.0. The van der Waals surface area contributed by atoms with E-state index in [0.29, 0.717) is 38.5 Å². The molecule has 1 saturated heterocycles. The third-order valence-electron chi connectivity index (χ3n) is 5.96. The number of rotatable bonds is 22. The highest BCUT2D eigenvalue weighted by atomic mass is 16.6. The van der Waals surface area contributed by atoms with E-state index in [-0.39, 0.29) is 58.7 Å². The first-order valence-electron chi connectivity index (χ1n) is 14.2. The van der Waals surface area contributed by atoms with Gasteiger partial charge in [-0.15, -0.1) is 0 Å². The van der Waals surface area contributed by atoms with Crippen molar-refractivity contribution in [3.63, 3.8) is 0 Å². The van der Waals surface area contributed by atoms with Gasteiger partial charge < -0.3 is 33.2 Å². The minimum atomic E-state index is -0.867. The molecule has 1 fully saturated rings. The molecule has 0 radical (unpaired) electrons. The second-order valence-electron chi connectivity index (χ2n) is 9.42. The summed E-state index contributed by atoms with van der Waals surface area (Å²) >= 11 is 0. The van der Waals surface area contributed by atoms with Crippen LogP contribution in [-0.2, 0) is 61.9 Å². The Kier molecular flexibility index (Phi) is 19.4. The topological polar surface area (TPSA) is 167 Å². The van der Waals surface area contributed by atoms with Gasteiger partial charge in [0.1, 0.15) is 12.7 Å². The van der Waals surface area contributed by atoms with Crippen LogP contribution in [-0.4, -0.2) is 87.2 Å². The van der Waals surface area contributed by atoms with Crippen LogP contribution in [0.2, 0.25) is 0 Å². The van der Waals surface area contributed by atoms with Crippen molar-refractivity contribution in [3.8, 4) is 0 Å². The van der Waals surface area contributed by atoms with Gasteiger partial charge in [-0.3, -0.25) is 14.4 Å². The molecule has 0 unspecified atom stereocenters. The zero-order valence-electron chi connectivity index (χ0n) is 24.5. The van der Waals surface area contributed by atoms with E-state index < -0.39 is 54.1 Å². The van der Waals surface area contributed by atoms with Crippen LogP contribution < -0.4 is 0 Å². The predicted octanol–water partition coefficient (Wildman–Crippen LogP) is 2.84. The number of carbonyl (C=O) groups excluding carboxylic acids is 6. The van der Waals surface area contributed by atoms with Crippen LogP contribution in [0.3, 0.4) is 0 Å². The Morgan fingerprint density at radius 1 is 0.581 bits per heavy atom. The minimum absolute atomic E-state index is 0.0505. The maximum Gasteiger partial charge on any atom is 0.330 e. The van der Waals surface area contributed by atoms with Crippen LogP contribution in [0, 0.1) is 0 Å². The van der Waals surface area contributed by atoms with Crippen LogP contribution >= 0.6 is 0 Å². The molecular weight excluding hydrogens is 568 g/mol. The van der Waals surface area contributed by atoms with Crippen molar-refractivity contribution in [2.75, 3.05) is 33.0 Å². The Morgan fingerprint density at radius 2 is 1.00 bits per heavy atom. The van der Waals surface area contributed by atoms with Crippen molar-refractivity contribution in [1.29, 1.82) is 0 Å². The summed E-state index contributed by atoms with van der Waals surface area (Å²) in [5, 5.41) is 0. The van der Waals surface area contributed by atoms with Gasteiger partial charge in [-0.2, -0.15) is 0 Å². The molecule has 1 rings (SSSR count). The molecule has 0 bridgehead atoms. The average Bonchev–Trinajstić information content (AvgIpc) is 2.99. The largest absolute Gasteiger partial charge is 0.463 e. The van der Waals surface area contributed by atoms with Gasteiger partial charge in [0.25, 0.3) is 0 Å². The maximum absolute atomic E-state index is 12.5. The molecule has 0 N–H and O–H groups in total. The van der Waals surface area contributed by atoms with Gasteiger partial charge in [0.05, 0.1) is 32.5 Å². The molecular formula is C30H42O13. The summed E-state index contributed by atoms with van der Waals surface area (Å²) in [6, 6.07) is 0. The summed E-state index contributed by atoms with van der Waals surface area (Å²) in [5.41, 5.74) is 0. The smallest absolute Gasteiger partial charge is 0.330 e. The Hall–Kier alpha value is -4.00. The van der Waals surface area contributed by atoms with E-state index >= 15 is 0 Å². The van der Waals surface area contributed by atoms with Crippen molar-refractivity contribution in [3.05, 3.63) is 38.0 Å². The van der Waals surface area contributed by atoms with Crippen LogP contribution in [0.15, 0.2) is 38.0 Å². The fourth-order valence-electron chi connectivity index (χ4n) is 3.69. The van der Waals surface area contributed by atoms with Crippen LogP contribution in [0.4, 0.5) is 0 Å². The molecule has 0 spiro atoms. The third-order valence-corrected chi connectivity index (χ3v) is 5.96. The third kappa shape index (κ3) is 18.2. The Labute approximate surface area is 251 Å². The second kappa shape index (κ2) is 22.6. The normalized spacial score (nSPS) is 17.4. The SMILES string of the molecule is C=CC(=O)OCCCCC(=O)OC[C@H]1C[C@H](OC(=O)CCCCOC(=O)C=C)[C@H](OC(=O)CCCCOC(=O)C=C)CO1. The van der Waals surface area contributed by atoms with Gasteiger partial charge in [0, 0.05) is 43.9 Å². The quantitative estimate of drug-likeness (QED) is 0.0760. The van der Waals surface area contributed by atoms with Crippen LogP contribution in [0.1, 0.15) is 64.2 Å². The summed E-state index contributed by atoms with van der Waals surface area (Å²) < 4.78 is 36.8. The molecule has 1 aliphatic heterocycles. The van der Waals surface area contributed by atoms with E-state index in [0.717, 1.165) is 18.2 Å². The highest BCUT2D eigenvalue weighted by Gasteiger charge is 2.37. The summed E-state index contributed by atoms with van der Waals surface area (Å²) in [5.74, 6) is -3.14. The van der Waals surface area contributed by atoms with Gasteiger partial charge in [0.2, 0.25) is 0 Å². The molecule has 13 heteroatoms. The maximum atomic E-state index is 12.5. The van der Waals surface area contributed by atoms with E-state index in [9.17, 15) is 28.8 Å². The lowest BCUT2D eigenvalue weighted by Crippen LogP contribution is -2.47. The summed E-state index contributed by atoms with van der Waals surface area (Å²) in [4.78, 5) is 70.3. The lowest BCUT2D eigenvalue weighted by molar-refractivity contribution is -0.194. The van der Waals surface area contributed by atoms with Crippen LogP contribution in [0.5, 0.6) is 0 Å². The first-order valence-corrected chi connectivity index (χ1v) is 14.2. The summed E-state index contributed by atoms with van der Waals surface area (Å²) in [6.07, 6.45) is 3.86. The fraction of sp³-hybridized carbons (Fsp3) is 0.600. The van der Waals surface area contributed by atoms with Gasteiger partial charge in [-0.05, 0) is 38.5 Å². The molecule has 3 atom stereocenters. The van der Waals surface area contributed by atoms with Gasteiger partial charge in [-0.1, -0.05) is 19.7 Å². The standard InChI is InChI=1S/C30H42O13/c1-4-25(31)37-16-10-7-13-28(34)41-20-22-19-23(42-29(35)14-8-11-17-38-26(32)5-2)24(21-40-22)43-30(36)15-9-12-18-39-27(33)6-3/h4-6,22-24H,1-3,7-21H2/t22-,23+,24-/m1/s1. The van der Waals surface area contributed by atoms with E-state index in [1.165, 1.54) is 0 Å². The van der Waals surface area contributed by atoms with Crippen molar-refractivity contribution in [2.45, 2.75) is 82.5 Å². The Morgan fingerprint density at radius 3 is 1.44 bits per heavy atom. The first-order chi connectivity index (χ1) is 20.7. The van der Waals surface area contributed by atoms with Crippen LogP contribution in [0.25, 0.3) is 0 Å². The minimum Gasteiger partial charge on any atom is -0.463 e. The molecule has 0 saturated carbocycles. The summed E-state index contributed by atoms with van der Waals surface area (Å²) in [6.45, 7) is 10.2. The highest BCUT2D eigenvalue weighted by molar-refractivity contribution is 5.81. The van der Waals surface area contributed by atoms with E-state index in [4.69, 9.17) is 33.2 Å². The molecule has 0 aliphatic carbocycles. The molecule has 0 aromatic carbocycles. The van der Waals surface area contributed by atoms with Crippen molar-refractivity contribution in [1.82, 2.24) is 0 Å². The van der Waals surface area contributed by atoms with Gasteiger partial charge in [0.15, 0.2) is 6.10 Å². The predicted molar refractivity (Wildman–Crippen MR) is 150 cm³/mol. The van der Waals surface area contributed by atoms with Crippen molar-refractivity contribution >= 4 is 35.8 Å². The molecule has 240 valence electrons. The van der Waals surface area contributed by atoms with E-state index in [2.05, 4.69) is 19.7 Å². The number of hydrogen-bond acceptors (Lipinski definition) is 13. The van der Waals surface area contributed by atoms with Gasteiger partial charge in [-0.25, -0.2) is 14.4 Å². The number of carbonyl (C=O) groups is 6. The number of unbranched alkanes of at least 4 members (excludes halogenated alkanes) is 3. The molecule has 1 aliphatic rings.